The molecule has 0 radical (unpaired) electrons. The molecule has 1 aromatic rings. The van der Waals surface area contributed by atoms with Gasteiger partial charge in [0.05, 0.1) is 0 Å². The minimum absolute atomic E-state index is 0.195. The van der Waals surface area contributed by atoms with Gasteiger partial charge in [-0.25, -0.2) is 4.79 Å². The Bertz CT molecular complexity index is 410. The Morgan fingerprint density at radius 2 is 1.94 bits per heavy atom. The summed E-state index contributed by atoms with van der Waals surface area (Å²) in [5.41, 5.74) is 0.195. The summed E-state index contributed by atoms with van der Waals surface area (Å²) in [5, 5.41) is 3.36. The molecule has 2 fully saturated rings. The number of hydrogen-bond donors (Lipinski definition) is 1. The lowest BCUT2D eigenvalue weighted by atomic mass is 9.98. The molecule has 4 nitrogen and oxygen atoms in total. The molecule has 2 heterocycles. The van der Waals surface area contributed by atoms with Crippen molar-refractivity contribution >= 4 is 0 Å². The van der Waals surface area contributed by atoms with Crippen LogP contribution in [0, 0.1) is 5.92 Å². The Balaban J connectivity index is 1.71. The predicted molar refractivity (Wildman–Crippen MR) is 62.6 cm³/mol. The van der Waals surface area contributed by atoms with E-state index in [0.29, 0.717) is 12.0 Å². The molecule has 88 valence electrons. The van der Waals surface area contributed by atoms with Crippen molar-refractivity contribution < 1.29 is 0 Å². The summed E-state index contributed by atoms with van der Waals surface area (Å²) in [5.74, 6) is 0.675. The summed E-state index contributed by atoms with van der Waals surface area (Å²) >= 11 is 0. The SMILES string of the molecule is O=c1n(CC2CCNCC2)ccn1C1CC1. The molecule has 0 bridgehead atoms. The fourth-order valence-electron chi connectivity index (χ4n) is 2.54. The van der Waals surface area contributed by atoms with Gasteiger partial charge in [-0.15, -0.1) is 0 Å². The zero-order chi connectivity index (χ0) is 11.0. The van der Waals surface area contributed by atoms with Gasteiger partial charge in [0.15, 0.2) is 0 Å². The minimum atomic E-state index is 0.195. The molecule has 1 N–H and O–H groups in total. The summed E-state index contributed by atoms with van der Waals surface area (Å²) < 4.78 is 3.80. The molecule has 2 aliphatic rings. The predicted octanol–water partition coefficient (Wildman–Crippen LogP) is 0.984. The number of aromatic nitrogens is 2. The summed E-state index contributed by atoms with van der Waals surface area (Å²) in [6, 6.07) is 0.502. The second kappa shape index (κ2) is 4.09. The normalized spacial score (nSPS) is 22.5. The van der Waals surface area contributed by atoms with Crippen LogP contribution < -0.4 is 11.0 Å². The highest BCUT2D eigenvalue weighted by Gasteiger charge is 2.26. The first kappa shape index (κ1) is 10.1. The van der Waals surface area contributed by atoms with Crippen molar-refractivity contribution in [3.8, 4) is 0 Å². The van der Waals surface area contributed by atoms with Crippen molar-refractivity contribution in [2.24, 2.45) is 5.92 Å². The van der Waals surface area contributed by atoms with Gasteiger partial charge < -0.3 is 5.32 Å². The third-order valence-corrected chi connectivity index (χ3v) is 3.73. The fraction of sp³-hybridized carbons (Fsp3) is 0.750. The lowest BCUT2D eigenvalue weighted by molar-refractivity contribution is 0.328. The van der Waals surface area contributed by atoms with Crippen molar-refractivity contribution in [1.29, 1.82) is 0 Å². The summed E-state index contributed by atoms with van der Waals surface area (Å²) in [7, 11) is 0. The molecular formula is C12H19N3O. The lowest BCUT2D eigenvalue weighted by Crippen LogP contribution is -2.32. The molecule has 16 heavy (non-hydrogen) atoms. The van der Waals surface area contributed by atoms with Crippen LogP contribution in [0.3, 0.4) is 0 Å². The first-order valence-electron chi connectivity index (χ1n) is 6.32. The molecule has 1 aliphatic heterocycles. The van der Waals surface area contributed by atoms with E-state index in [0.717, 1.165) is 19.6 Å². The molecular weight excluding hydrogens is 202 g/mol. The van der Waals surface area contributed by atoms with Gasteiger partial charge in [-0.3, -0.25) is 9.13 Å². The average molecular weight is 221 g/mol. The summed E-state index contributed by atoms with van der Waals surface area (Å²) in [4.78, 5) is 12.0. The second-order valence-corrected chi connectivity index (χ2v) is 5.06. The molecule has 0 aromatic carbocycles. The Morgan fingerprint density at radius 1 is 1.19 bits per heavy atom. The molecule has 1 saturated carbocycles. The van der Waals surface area contributed by atoms with Crippen molar-refractivity contribution in [3.63, 3.8) is 0 Å². The number of nitrogens with one attached hydrogen (secondary N) is 1. The van der Waals surface area contributed by atoms with Crippen LogP contribution >= 0.6 is 0 Å². The zero-order valence-corrected chi connectivity index (χ0v) is 9.56. The third kappa shape index (κ3) is 1.94. The smallest absolute Gasteiger partial charge is 0.317 e. The Labute approximate surface area is 95.3 Å². The van der Waals surface area contributed by atoms with Crippen LogP contribution in [0.5, 0.6) is 0 Å². The molecule has 0 amide bonds. The summed E-state index contributed by atoms with van der Waals surface area (Å²) in [6.45, 7) is 3.10. The van der Waals surface area contributed by atoms with E-state index in [1.165, 1.54) is 25.7 Å². The van der Waals surface area contributed by atoms with E-state index < -0.39 is 0 Å². The maximum Gasteiger partial charge on any atom is 0.328 e. The van der Waals surface area contributed by atoms with E-state index in [1.807, 2.05) is 21.5 Å². The number of piperidine rings is 1. The van der Waals surface area contributed by atoms with Crippen LogP contribution in [0.4, 0.5) is 0 Å². The van der Waals surface area contributed by atoms with Gasteiger partial charge in [0.25, 0.3) is 0 Å². The van der Waals surface area contributed by atoms with Gasteiger partial charge in [-0.1, -0.05) is 0 Å². The second-order valence-electron chi connectivity index (χ2n) is 5.06. The number of imidazole rings is 1. The molecule has 4 heteroatoms. The highest BCUT2D eigenvalue weighted by atomic mass is 16.1. The fourth-order valence-corrected chi connectivity index (χ4v) is 2.54. The zero-order valence-electron chi connectivity index (χ0n) is 9.56. The van der Waals surface area contributed by atoms with Crippen molar-refractivity contribution in [2.45, 2.75) is 38.3 Å². The van der Waals surface area contributed by atoms with E-state index in [9.17, 15) is 4.79 Å². The van der Waals surface area contributed by atoms with Gasteiger partial charge in [-0.05, 0) is 44.7 Å². The molecule has 1 saturated heterocycles. The Kier molecular flexibility index (Phi) is 2.59. The van der Waals surface area contributed by atoms with E-state index in [-0.39, 0.29) is 5.69 Å². The molecule has 0 spiro atoms. The number of nitrogens with zero attached hydrogens (tertiary/aromatic N) is 2. The van der Waals surface area contributed by atoms with E-state index >= 15 is 0 Å². The van der Waals surface area contributed by atoms with Crippen LogP contribution in [-0.2, 0) is 6.54 Å². The van der Waals surface area contributed by atoms with Gasteiger partial charge in [-0.2, -0.15) is 0 Å². The monoisotopic (exact) mass is 221 g/mol. The van der Waals surface area contributed by atoms with Crippen LogP contribution in [0.15, 0.2) is 17.2 Å². The van der Waals surface area contributed by atoms with E-state index in [2.05, 4.69) is 5.32 Å². The highest BCUT2D eigenvalue weighted by Crippen LogP contribution is 2.33. The third-order valence-electron chi connectivity index (χ3n) is 3.73. The number of hydrogen-bond acceptors (Lipinski definition) is 2. The molecule has 1 aliphatic carbocycles. The van der Waals surface area contributed by atoms with Crippen LogP contribution in [0.25, 0.3) is 0 Å². The standard InChI is InChI=1S/C12H19N3O/c16-12-14(7-8-15(12)11-1-2-11)9-10-3-5-13-6-4-10/h7-8,10-11,13H,1-6,9H2. The van der Waals surface area contributed by atoms with Crippen molar-refractivity contribution in [1.82, 2.24) is 14.5 Å². The largest absolute Gasteiger partial charge is 0.328 e. The van der Waals surface area contributed by atoms with Crippen LogP contribution in [0.2, 0.25) is 0 Å². The maximum absolute atomic E-state index is 12.0. The highest BCUT2D eigenvalue weighted by molar-refractivity contribution is 4.91. The van der Waals surface area contributed by atoms with Crippen molar-refractivity contribution in [3.05, 3.63) is 22.9 Å². The van der Waals surface area contributed by atoms with Gasteiger partial charge in [0.2, 0.25) is 0 Å². The van der Waals surface area contributed by atoms with Crippen LogP contribution in [-0.4, -0.2) is 22.2 Å². The van der Waals surface area contributed by atoms with E-state index in [4.69, 9.17) is 0 Å². The topological polar surface area (TPSA) is 39.0 Å². The Hall–Kier alpha value is -1.03. The van der Waals surface area contributed by atoms with Gasteiger partial charge in [0, 0.05) is 25.0 Å². The van der Waals surface area contributed by atoms with Gasteiger partial charge >= 0.3 is 5.69 Å². The van der Waals surface area contributed by atoms with E-state index in [1.54, 1.807) is 0 Å². The summed E-state index contributed by atoms with van der Waals surface area (Å²) in [6.07, 6.45) is 8.67. The first-order valence-corrected chi connectivity index (χ1v) is 6.32. The van der Waals surface area contributed by atoms with Crippen LogP contribution in [0.1, 0.15) is 31.7 Å². The average Bonchev–Trinajstić information content (AvgIpc) is 3.08. The molecule has 0 unspecified atom stereocenters. The Morgan fingerprint density at radius 3 is 2.62 bits per heavy atom. The minimum Gasteiger partial charge on any atom is -0.317 e. The molecule has 3 rings (SSSR count). The quantitative estimate of drug-likeness (QED) is 0.826. The van der Waals surface area contributed by atoms with Gasteiger partial charge in [0.1, 0.15) is 0 Å². The lowest BCUT2D eigenvalue weighted by Gasteiger charge is -2.22. The molecule has 0 atom stereocenters. The van der Waals surface area contributed by atoms with Crippen molar-refractivity contribution in [2.75, 3.05) is 13.1 Å². The molecule has 1 aromatic heterocycles. The maximum atomic E-state index is 12.0. The number of rotatable bonds is 3. The first-order chi connectivity index (χ1) is 7.84.